The van der Waals surface area contributed by atoms with Crippen LogP contribution in [-0.2, 0) is 0 Å². The second-order valence-electron chi connectivity index (χ2n) is 10.8. The van der Waals surface area contributed by atoms with Crippen molar-refractivity contribution in [2.75, 3.05) is 6.61 Å². The van der Waals surface area contributed by atoms with E-state index >= 15 is 0 Å². The normalized spacial score (nSPS) is 36.8. The van der Waals surface area contributed by atoms with Crippen LogP contribution in [-0.4, -0.2) is 78.2 Å². The number of rotatable bonds is 6. The zero-order valence-corrected chi connectivity index (χ0v) is 20.3. The van der Waals surface area contributed by atoms with Gasteiger partial charge in [-0.1, -0.05) is 61.2 Å². The Labute approximate surface area is 210 Å². The molecule has 3 aliphatic rings. The molecule has 0 aliphatic heterocycles. The molecule has 3 unspecified atom stereocenters. The largest absolute Gasteiger partial charge is 0.394 e. The van der Waals surface area contributed by atoms with Crippen LogP contribution >= 0.6 is 0 Å². The molecular formula is C28H35NO7. The Kier molecular flexibility index (Phi) is 6.26. The fraction of sp³-hybridized carbons (Fsp3) is 0.536. The minimum atomic E-state index is -2.33. The standard InChI is InChI=1S/C28H35NO7/c1-16-7-9-18(10-8-16)23-26(34,21(31)15-30)28(36)22(24(32)27(23,28)35)17-11-13-19(14-12-17)25(33)29-20-5-3-2-4-6-20/h7-14,20-24,30-32,34-36H,2-6,15H2,1H3,(H,29,33)/t21-,22?,23?,24?,26+,27+,28+/m1/s1. The predicted octanol–water partition coefficient (Wildman–Crippen LogP) is 0.860. The number of nitrogens with one attached hydrogen (secondary N) is 1. The van der Waals surface area contributed by atoms with Crippen molar-refractivity contribution < 1.29 is 35.4 Å². The van der Waals surface area contributed by atoms with Gasteiger partial charge < -0.3 is 36.0 Å². The van der Waals surface area contributed by atoms with E-state index in [-0.39, 0.29) is 11.9 Å². The van der Waals surface area contributed by atoms with Gasteiger partial charge in [-0.3, -0.25) is 4.79 Å². The van der Waals surface area contributed by atoms with Crippen molar-refractivity contribution in [2.24, 2.45) is 0 Å². The molecule has 3 aliphatic carbocycles. The van der Waals surface area contributed by atoms with E-state index in [0.29, 0.717) is 16.7 Å². The van der Waals surface area contributed by atoms with Crippen LogP contribution in [0.15, 0.2) is 48.5 Å². The second-order valence-corrected chi connectivity index (χ2v) is 10.8. The third kappa shape index (κ3) is 3.25. The summed E-state index contributed by atoms with van der Waals surface area (Å²) in [5, 5.41) is 69.4. The van der Waals surface area contributed by atoms with E-state index in [1.807, 2.05) is 6.92 Å². The van der Waals surface area contributed by atoms with Gasteiger partial charge in [-0.2, -0.15) is 0 Å². The van der Waals surface area contributed by atoms with Crippen LogP contribution in [0.25, 0.3) is 0 Å². The molecule has 36 heavy (non-hydrogen) atoms. The van der Waals surface area contributed by atoms with E-state index in [9.17, 15) is 35.4 Å². The zero-order valence-electron chi connectivity index (χ0n) is 20.3. The predicted molar refractivity (Wildman–Crippen MR) is 131 cm³/mol. The third-order valence-corrected chi connectivity index (χ3v) is 8.88. The number of hydrogen-bond acceptors (Lipinski definition) is 7. The summed E-state index contributed by atoms with van der Waals surface area (Å²) < 4.78 is 0. The summed E-state index contributed by atoms with van der Waals surface area (Å²) in [7, 11) is 0. The molecule has 0 aromatic heterocycles. The zero-order chi connectivity index (χ0) is 25.9. The Bertz CT molecular complexity index is 1120. The van der Waals surface area contributed by atoms with E-state index < -0.39 is 47.5 Å². The van der Waals surface area contributed by atoms with Gasteiger partial charge >= 0.3 is 0 Å². The summed E-state index contributed by atoms with van der Waals surface area (Å²) in [5.74, 6) is -2.58. The van der Waals surface area contributed by atoms with E-state index in [2.05, 4.69) is 5.32 Å². The topological polar surface area (TPSA) is 150 Å². The summed E-state index contributed by atoms with van der Waals surface area (Å²) in [6.45, 7) is 1.03. The number of benzene rings is 2. The van der Waals surface area contributed by atoms with E-state index in [1.165, 1.54) is 6.42 Å². The molecule has 7 N–H and O–H groups in total. The van der Waals surface area contributed by atoms with Gasteiger partial charge in [-0.05, 0) is 43.0 Å². The molecule has 0 saturated heterocycles. The van der Waals surface area contributed by atoms with Crippen molar-refractivity contribution in [3.05, 3.63) is 70.8 Å². The number of aliphatic hydroxyl groups excluding tert-OH is 3. The number of carbonyl (C=O) groups excluding carboxylic acids is 1. The molecule has 7 atom stereocenters. The molecule has 3 saturated carbocycles. The first-order chi connectivity index (χ1) is 17.1. The molecule has 5 rings (SSSR count). The van der Waals surface area contributed by atoms with Gasteiger partial charge in [0.25, 0.3) is 5.91 Å². The monoisotopic (exact) mass is 497 g/mol. The highest BCUT2D eigenvalue weighted by Crippen LogP contribution is 2.75. The summed E-state index contributed by atoms with van der Waals surface area (Å²) in [5.41, 5.74) is -4.61. The maximum Gasteiger partial charge on any atom is 0.251 e. The molecule has 8 heteroatoms. The van der Waals surface area contributed by atoms with Crippen LogP contribution in [0.4, 0.5) is 0 Å². The summed E-state index contributed by atoms with van der Waals surface area (Å²) in [6, 6.07) is 13.3. The first-order valence-corrected chi connectivity index (χ1v) is 12.7. The van der Waals surface area contributed by atoms with Crippen molar-refractivity contribution in [3.8, 4) is 0 Å². The first kappa shape index (κ1) is 25.3. The molecule has 0 heterocycles. The fourth-order valence-electron chi connectivity index (χ4n) is 6.93. The Morgan fingerprint density at radius 1 is 0.972 bits per heavy atom. The van der Waals surface area contributed by atoms with Crippen molar-refractivity contribution >= 4 is 5.91 Å². The lowest BCUT2D eigenvalue weighted by atomic mass is 9.30. The highest BCUT2D eigenvalue weighted by atomic mass is 16.5. The Hall–Kier alpha value is -2.33. The second kappa shape index (κ2) is 8.90. The number of amides is 1. The maximum atomic E-state index is 12.7. The average Bonchev–Trinajstić information content (AvgIpc) is 2.89. The molecule has 2 aromatic rings. The average molecular weight is 498 g/mol. The van der Waals surface area contributed by atoms with Gasteiger partial charge in [0.05, 0.1) is 18.6 Å². The van der Waals surface area contributed by atoms with E-state index in [4.69, 9.17) is 0 Å². The number of hydrogen-bond donors (Lipinski definition) is 7. The lowest BCUT2D eigenvalue weighted by Crippen LogP contribution is -2.99. The fourth-order valence-corrected chi connectivity index (χ4v) is 6.93. The highest BCUT2D eigenvalue weighted by molar-refractivity contribution is 5.94. The van der Waals surface area contributed by atoms with Gasteiger partial charge in [0, 0.05) is 17.5 Å². The van der Waals surface area contributed by atoms with Gasteiger partial charge in [0.15, 0.2) is 0 Å². The summed E-state index contributed by atoms with van der Waals surface area (Å²) >= 11 is 0. The molecule has 194 valence electrons. The van der Waals surface area contributed by atoms with Crippen LogP contribution in [0.5, 0.6) is 0 Å². The molecular weight excluding hydrogens is 462 g/mol. The number of aryl methyl sites for hydroxylation is 1. The Morgan fingerprint density at radius 2 is 1.56 bits per heavy atom. The maximum absolute atomic E-state index is 12.7. The smallest absolute Gasteiger partial charge is 0.251 e. The SMILES string of the molecule is Cc1ccc(C2[C@]3(O)C(O)C(c4ccc(C(=O)NC5CCCCC5)cc4)[C@]3(O)[C@]2(O)[C@H](O)CO)cc1. The molecule has 3 fully saturated rings. The van der Waals surface area contributed by atoms with Gasteiger partial charge in [-0.25, -0.2) is 0 Å². The quantitative estimate of drug-likeness (QED) is 0.313. The van der Waals surface area contributed by atoms with Crippen molar-refractivity contribution in [1.29, 1.82) is 0 Å². The van der Waals surface area contributed by atoms with Crippen LogP contribution in [0.1, 0.15) is 71.0 Å². The number of fused-ring (bicyclic) bond motifs is 1. The minimum absolute atomic E-state index is 0.152. The molecule has 8 nitrogen and oxygen atoms in total. The molecule has 0 bridgehead atoms. The van der Waals surface area contributed by atoms with Crippen LogP contribution in [0, 0.1) is 6.92 Å². The Balaban J connectivity index is 1.43. The van der Waals surface area contributed by atoms with Gasteiger partial charge in [0.2, 0.25) is 0 Å². The lowest BCUT2D eigenvalue weighted by molar-refractivity contribution is -0.459. The third-order valence-electron chi connectivity index (χ3n) is 8.88. The van der Waals surface area contributed by atoms with Crippen LogP contribution < -0.4 is 5.32 Å². The van der Waals surface area contributed by atoms with Crippen LogP contribution in [0.2, 0.25) is 0 Å². The molecule has 2 aromatic carbocycles. The molecule has 0 spiro atoms. The van der Waals surface area contributed by atoms with Gasteiger partial charge in [-0.15, -0.1) is 0 Å². The van der Waals surface area contributed by atoms with Crippen molar-refractivity contribution in [1.82, 2.24) is 5.32 Å². The summed E-state index contributed by atoms with van der Waals surface area (Å²) in [6.07, 6.45) is 2.05. The lowest BCUT2D eigenvalue weighted by Gasteiger charge is -2.80. The summed E-state index contributed by atoms with van der Waals surface area (Å²) in [4.78, 5) is 12.7. The highest BCUT2D eigenvalue weighted by Gasteiger charge is 2.93. The number of carbonyl (C=O) groups is 1. The first-order valence-electron chi connectivity index (χ1n) is 12.7. The molecule has 1 amide bonds. The van der Waals surface area contributed by atoms with E-state index in [0.717, 1.165) is 31.2 Å². The Morgan fingerprint density at radius 3 is 2.14 bits per heavy atom. The van der Waals surface area contributed by atoms with E-state index in [1.54, 1.807) is 48.5 Å². The van der Waals surface area contributed by atoms with Crippen molar-refractivity contribution in [3.63, 3.8) is 0 Å². The minimum Gasteiger partial charge on any atom is -0.394 e. The molecule has 0 radical (unpaired) electrons. The van der Waals surface area contributed by atoms with Gasteiger partial charge in [0.1, 0.15) is 22.9 Å². The van der Waals surface area contributed by atoms with Crippen molar-refractivity contribution in [2.45, 2.75) is 85.9 Å². The van der Waals surface area contributed by atoms with Crippen LogP contribution in [0.3, 0.4) is 0 Å². The number of aliphatic hydroxyl groups is 6.